The molecule has 0 radical (unpaired) electrons. The van der Waals surface area contributed by atoms with Crippen molar-refractivity contribution in [3.63, 3.8) is 0 Å². The van der Waals surface area contributed by atoms with Crippen LogP contribution in [0.4, 0.5) is 0 Å². The first-order valence-corrected chi connectivity index (χ1v) is 23.0. The minimum atomic E-state index is -4.65. The summed E-state index contributed by atoms with van der Waals surface area (Å²) in [4.78, 5) is 49.5. The molecule has 0 aliphatic heterocycles. The molecule has 2 atom stereocenters. The Bertz CT molecular complexity index is 1040. The third-order valence-electron chi connectivity index (χ3n) is 9.20. The molecule has 0 aromatic heterocycles. The molecule has 11 heteroatoms. The van der Waals surface area contributed by atoms with E-state index in [4.69, 9.17) is 18.5 Å². The number of allylic oxidation sites excluding steroid dienone is 4. The average Bonchev–Trinajstić information content (AvgIpc) is 3.11. The zero-order valence-corrected chi connectivity index (χ0v) is 36.1. The van der Waals surface area contributed by atoms with Crippen LogP contribution in [0, 0.1) is 0 Å². The smallest absolute Gasteiger partial charge is 0.306 e. The summed E-state index contributed by atoms with van der Waals surface area (Å²) in [5.74, 6) is -0.798. The van der Waals surface area contributed by atoms with Crippen molar-refractivity contribution in [2.24, 2.45) is 0 Å². The van der Waals surface area contributed by atoms with E-state index in [0.717, 1.165) is 51.4 Å². The molecule has 0 rings (SSSR count). The van der Waals surface area contributed by atoms with Crippen LogP contribution < -0.4 is 4.89 Å². The first kappa shape index (κ1) is 52.2. The molecular weight excluding hydrogens is 705 g/mol. The number of rotatable bonds is 39. The lowest BCUT2D eigenvalue weighted by atomic mass is 10.0. The molecule has 0 heterocycles. The molecular formula is C43H80NO9P. The SMILES string of the molecule is CCCCC/C=C\C=C\C(=O)CCCCCCCC(=O)OC[C@H](COP(=O)([O-])OCC[N+](C)(C)C)OC(=O)CCCCCCCCCCCCCCCC. The van der Waals surface area contributed by atoms with Crippen LogP contribution in [0.5, 0.6) is 0 Å². The molecule has 0 aliphatic carbocycles. The molecule has 0 spiro atoms. The zero-order chi connectivity index (χ0) is 40.2. The van der Waals surface area contributed by atoms with Gasteiger partial charge >= 0.3 is 11.9 Å². The van der Waals surface area contributed by atoms with Gasteiger partial charge in [0.1, 0.15) is 19.8 Å². The van der Waals surface area contributed by atoms with Crippen LogP contribution in [0.3, 0.4) is 0 Å². The van der Waals surface area contributed by atoms with E-state index in [-0.39, 0.29) is 31.8 Å². The van der Waals surface area contributed by atoms with Crippen molar-refractivity contribution in [2.45, 2.75) is 187 Å². The molecule has 10 nitrogen and oxygen atoms in total. The number of carbonyl (C=O) groups excluding carboxylic acids is 3. The van der Waals surface area contributed by atoms with Gasteiger partial charge in [0.05, 0.1) is 27.7 Å². The molecule has 0 bridgehead atoms. The molecule has 0 saturated heterocycles. The summed E-state index contributed by atoms with van der Waals surface area (Å²) >= 11 is 0. The number of hydrogen-bond acceptors (Lipinski definition) is 9. The maximum atomic E-state index is 12.6. The summed E-state index contributed by atoms with van der Waals surface area (Å²) in [6.07, 6.45) is 33.0. The van der Waals surface area contributed by atoms with Crippen LogP contribution >= 0.6 is 7.82 Å². The number of unbranched alkanes of at least 4 members (excludes halogenated alkanes) is 20. The number of ether oxygens (including phenoxy) is 2. The Labute approximate surface area is 330 Å². The number of carbonyl (C=O) groups is 3. The van der Waals surface area contributed by atoms with Gasteiger partial charge in [0.25, 0.3) is 7.82 Å². The number of nitrogens with zero attached hydrogens (tertiary/aromatic N) is 1. The molecule has 0 aliphatic rings. The summed E-state index contributed by atoms with van der Waals surface area (Å²) < 4.78 is 33.8. The van der Waals surface area contributed by atoms with Crippen molar-refractivity contribution in [3.8, 4) is 0 Å². The highest BCUT2D eigenvalue weighted by Gasteiger charge is 2.21. The summed E-state index contributed by atoms with van der Waals surface area (Å²) in [5, 5.41) is 0. The third-order valence-corrected chi connectivity index (χ3v) is 10.2. The normalized spacial score (nSPS) is 13.7. The highest BCUT2D eigenvalue weighted by atomic mass is 31.2. The van der Waals surface area contributed by atoms with Gasteiger partial charge in [-0.15, -0.1) is 0 Å². The van der Waals surface area contributed by atoms with Crippen molar-refractivity contribution in [2.75, 3.05) is 47.5 Å². The Kier molecular flexibility index (Phi) is 34.4. The average molecular weight is 786 g/mol. The van der Waals surface area contributed by atoms with Gasteiger partial charge in [-0.05, 0) is 38.2 Å². The van der Waals surface area contributed by atoms with Crippen LogP contribution in [0.15, 0.2) is 24.3 Å². The Morgan fingerprint density at radius 1 is 0.611 bits per heavy atom. The van der Waals surface area contributed by atoms with Crippen molar-refractivity contribution in [3.05, 3.63) is 24.3 Å². The fourth-order valence-corrected chi connectivity index (χ4v) is 6.48. The van der Waals surface area contributed by atoms with E-state index in [2.05, 4.69) is 19.9 Å². The van der Waals surface area contributed by atoms with E-state index in [9.17, 15) is 23.8 Å². The van der Waals surface area contributed by atoms with Crippen molar-refractivity contribution >= 4 is 25.5 Å². The van der Waals surface area contributed by atoms with Crippen LogP contribution in [-0.2, 0) is 37.5 Å². The fourth-order valence-electron chi connectivity index (χ4n) is 5.75. The number of esters is 2. The van der Waals surface area contributed by atoms with Crippen LogP contribution in [0.2, 0.25) is 0 Å². The molecule has 0 N–H and O–H groups in total. The van der Waals surface area contributed by atoms with E-state index >= 15 is 0 Å². The highest BCUT2D eigenvalue weighted by molar-refractivity contribution is 7.45. The van der Waals surface area contributed by atoms with Gasteiger partial charge in [-0.25, -0.2) is 0 Å². The minimum absolute atomic E-state index is 0.0486. The second-order valence-corrected chi connectivity index (χ2v) is 17.2. The molecule has 0 saturated carbocycles. The van der Waals surface area contributed by atoms with E-state index in [0.29, 0.717) is 30.3 Å². The number of phosphoric acid groups is 1. The predicted octanol–water partition coefficient (Wildman–Crippen LogP) is 10.5. The van der Waals surface area contributed by atoms with E-state index in [1.807, 2.05) is 33.3 Å². The second kappa shape index (κ2) is 35.6. The van der Waals surface area contributed by atoms with Gasteiger partial charge < -0.3 is 27.9 Å². The summed E-state index contributed by atoms with van der Waals surface area (Å²) in [7, 11) is 1.10. The fraction of sp³-hybridized carbons (Fsp3) is 0.837. The van der Waals surface area contributed by atoms with Gasteiger partial charge in [0.2, 0.25) is 0 Å². The number of quaternary nitrogens is 1. The Balaban J connectivity index is 4.44. The predicted molar refractivity (Wildman–Crippen MR) is 218 cm³/mol. The van der Waals surface area contributed by atoms with Crippen molar-refractivity contribution < 1.29 is 46.8 Å². The first-order chi connectivity index (χ1) is 25.9. The van der Waals surface area contributed by atoms with Crippen LogP contribution in [0.1, 0.15) is 181 Å². The van der Waals surface area contributed by atoms with Crippen molar-refractivity contribution in [1.82, 2.24) is 0 Å². The molecule has 316 valence electrons. The van der Waals surface area contributed by atoms with Crippen LogP contribution in [0.25, 0.3) is 0 Å². The van der Waals surface area contributed by atoms with Gasteiger partial charge in [-0.3, -0.25) is 18.9 Å². The molecule has 0 amide bonds. The lowest BCUT2D eigenvalue weighted by Gasteiger charge is -2.28. The third kappa shape index (κ3) is 38.4. The topological polar surface area (TPSA) is 128 Å². The lowest BCUT2D eigenvalue weighted by molar-refractivity contribution is -0.870. The molecule has 0 aromatic carbocycles. The van der Waals surface area contributed by atoms with Crippen molar-refractivity contribution in [1.29, 1.82) is 0 Å². The minimum Gasteiger partial charge on any atom is -0.756 e. The molecule has 0 fully saturated rings. The molecule has 1 unspecified atom stereocenters. The monoisotopic (exact) mass is 786 g/mol. The zero-order valence-electron chi connectivity index (χ0n) is 35.2. The van der Waals surface area contributed by atoms with Gasteiger partial charge in [0.15, 0.2) is 11.9 Å². The second-order valence-electron chi connectivity index (χ2n) is 15.7. The van der Waals surface area contributed by atoms with E-state index in [1.54, 1.807) is 6.08 Å². The maximum Gasteiger partial charge on any atom is 0.306 e. The van der Waals surface area contributed by atoms with Gasteiger partial charge in [-0.2, -0.15) is 0 Å². The summed E-state index contributed by atoms with van der Waals surface area (Å²) in [6.45, 7) is 4.04. The van der Waals surface area contributed by atoms with Gasteiger partial charge in [0, 0.05) is 19.3 Å². The van der Waals surface area contributed by atoms with Crippen LogP contribution in [-0.4, -0.2) is 75.8 Å². The van der Waals surface area contributed by atoms with E-state index < -0.39 is 32.5 Å². The molecule has 54 heavy (non-hydrogen) atoms. The standard InChI is InChI=1S/C43H80NO9P/c1-6-8-10-12-14-15-16-17-18-19-20-22-26-31-35-43(47)53-41(39-52-54(48,49)51-37-36-44(3,4)5)38-50-42(46)34-30-27-23-25-29-33-40(45)32-28-24-21-13-11-9-7-2/h21,24,28,32,41H,6-20,22-23,25-27,29-31,33-39H2,1-5H3/b24-21-,32-28+/t41-/m1/s1. The Hall–Kier alpha value is -1.84. The summed E-state index contributed by atoms with van der Waals surface area (Å²) in [6, 6.07) is 0. The Morgan fingerprint density at radius 3 is 1.63 bits per heavy atom. The number of ketones is 1. The summed E-state index contributed by atoms with van der Waals surface area (Å²) in [5.41, 5.74) is 0. The largest absolute Gasteiger partial charge is 0.756 e. The quantitative estimate of drug-likeness (QED) is 0.0149. The Morgan fingerprint density at radius 2 is 1.09 bits per heavy atom. The van der Waals surface area contributed by atoms with Gasteiger partial charge in [-0.1, -0.05) is 148 Å². The molecule has 0 aromatic rings. The highest BCUT2D eigenvalue weighted by Crippen LogP contribution is 2.38. The lowest BCUT2D eigenvalue weighted by Crippen LogP contribution is -2.37. The number of likely N-dealkylation sites (N-methyl/N-ethyl adjacent to an activating group) is 1. The number of phosphoric ester groups is 1. The maximum absolute atomic E-state index is 12.6. The van der Waals surface area contributed by atoms with E-state index in [1.165, 1.54) is 83.5 Å². The first-order valence-electron chi connectivity index (χ1n) is 21.5. The number of hydrogen-bond donors (Lipinski definition) is 0.